The Morgan fingerprint density at radius 3 is 2.19 bits per heavy atom. The molecule has 27 heavy (non-hydrogen) atoms. The van der Waals surface area contributed by atoms with Gasteiger partial charge in [-0.05, 0) is 30.3 Å². The van der Waals surface area contributed by atoms with E-state index < -0.39 is 0 Å². The molecule has 0 N–H and O–H groups in total. The van der Waals surface area contributed by atoms with Crippen LogP contribution in [0.4, 0.5) is 10.1 Å². The second-order valence-electron chi connectivity index (χ2n) is 5.84. The third kappa shape index (κ3) is 3.18. The van der Waals surface area contributed by atoms with Gasteiger partial charge in [0.05, 0.1) is 30.2 Å². The summed E-state index contributed by atoms with van der Waals surface area (Å²) in [5.74, 6) is -0.316. The van der Waals surface area contributed by atoms with Crippen LogP contribution in [0.15, 0.2) is 73.1 Å². The first-order valence-corrected chi connectivity index (χ1v) is 8.32. The fourth-order valence-corrected chi connectivity index (χ4v) is 2.89. The van der Waals surface area contributed by atoms with Crippen LogP contribution in [0.25, 0.3) is 27.6 Å². The van der Waals surface area contributed by atoms with Crippen molar-refractivity contribution in [1.29, 1.82) is 0 Å². The third-order valence-corrected chi connectivity index (χ3v) is 4.13. The summed E-state index contributed by atoms with van der Waals surface area (Å²) < 4.78 is 15.8. The number of nitrogens with zero attached hydrogens (tertiary/aromatic N) is 5. The summed E-state index contributed by atoms with van der Waals surface area (Å²) in [5, 5.41) is 4.60. The Bertz CT molecular complexity index is 1110. The zero-order valence-corrected chi connectivity index (χ0v) is 14.2. The lowest BCUT2D eigenvalue weighted by molar-refractivity contribution is 0.587. The smallest absolute Gasteiger partial charge is 0.243 e. The number of halogens is 1. The van der Waals surface area contributed by atoms with E-state index in [2.05, 4.69) is 19.9 Å². The molecule has 0 fully saturated rings. The summed E-state index contributed by atoms with van der Waals surface area (Å²) in [5.41, 5.74) is 3.05. The maximum absolute atomic E-state index is 14.2. The average Bonchev–Trinajstić information content (AvgIpc) is 3.09. The number of aromatic nitrogens is 4. The van der Waals surface area contributed by atoms with Gasteiger partial charge in [-0.1, -0.05) is 30.3 Å². The summed E-state index contributed by atoms with van der Waals surface area (Å²) in [6.07, 6.45) is 3.31. The van der Waals surface area contributed by atoms with Crippen molar-refractivity contribution in [2.45, 2.75) is 6.54 Å². The lowest BCUT2D eigenvalue weighted by Crippen LogP contribution is -2.06. The van der Waals surface area contributed by atoms with E-state index in [1.54, 1.807) is 53.5 Å². The quantitative estimate of drug-likeness (QED) is 0.497. The van der Waals surface area contributed by atoms with Gasteiger partial charge in [0.15, 0.2) is 0 Å². The van der Waals surface area contributed by atoms with Crippen molar-refractivity contribution in [3.63, 3.8) is 0 Å². The highest BCUT2D eigenvalue weighted by atomic mass is 19.1. The van der Waals surface area contributed by atoms with Crippen molar-refractivity contribution in [1.82, 2.24) is 19.7 Å². The number of hydrogen-bond acceptors (Lipinski definition) is 3. The zero-order valence-electron chi connectivity index (χ0n) is 14.2. The Balaban J connectivity index is 1.93. The van der Waals surface area contributed by atoms with Gasteiger partial charge in [0.1, 0.15) is 11.5 Å². The topological polar surface area (TPSA) is 48.0 Å². The van der Waals surface area contributed by atoms with E-state index >= 15 is 0 Å². The largest absolute Gasteiger partial charge is 0.270 e. The van der Waals surface area contributed by atoms with Crippen LogP contribution in [0.5, 0.6) is 0 Å². The molecule has 4 aromatic rings. The van der Waals surface area contributed by atoms with E-state index in [0.717, 1.165) is 0 Å². The molecule has 6 heteroatoms. The van der Waals surface area contributed by atoms with Gasteiger partial charge in [0.2, 0.25) is 5.69 Å². The summed E-state index contributed by atoms with van der Waals surface area (Å²) in [4.78, 5) is 12.4. The van der Waals surface area contributed by atoms with E-state index in [1.165, 1.54) is 6.07 Å². The van der Waals surface area contributed by atoms with Crippen LogP contribution >= 0.6 is 0 Å². The van der Waals surface area contributed by atoms with Gasteiger partial charge in [-0.2, -0.15) is 5.10 Å². The summed E-state index contributed by atoms with van der Waals surface area (Å²) >= 11 is 0. The Labute approximate surface area is 155 Å². The van der Waals surface area contributed by atoms with Gasteiger partial charge in [-0.3, -0.25) is 14.6 Å². The third-order valence-electron chi connectivity index (χ3n) is 4.13. The van der Waals surface area contributed by atoms with E-state index in [0.29, 0.717) is 34.0 Å². The molecule has 0 amide bonds. The highest BCUT2D eigenvalue weighted by Gasteiger charge is 2.23. The highest BCUT2D eigenvalue weighted by Crippen LogP contribution is 2.38. The Kier molecular flexibility index (Phi) is 4.42. The standard InChI is InChI=1S/C21H14FN5/c1-23-20-19(17-10-4-6-12-24-17)26-27(14-15-8-2-3-9-16(15)22)21(20)18-11-5-7-13-25-18/h2-13H,14H2. The first kappa shape index (κ1) is 16.6. The van der Waals surface area contributed by atoms with E-state index in [-0.39, 0.29) is 12.4 Å². The minimum absolute atomic E-state index is 0.188. The van der Waals surface area contributed by atoms with E-state index in [9.17, 15) is 4.39 Å². The predicted molar refractivity (Wildman–Crippen MR) is 100 cm³/mol. The minimum atomic E-state index is -0.316. The van der Waals surface area contributed by atoms with Crippen molar-refractivity contribution in [3.05, 3.63) is 95.9 Å². The van der Waals surface area contributed by atoms with Gasteiger partial charge in [0.25, 0.3) is 0 Å². The van der Waals surface area contributed by atoms with Gasteiger partial charge in [0, 0.05) is 18.0 Å². The molecule has 0 atom stereocenters. The van der Waals surface area contributed by atoms with E-state index in [4.69, 9.17) is 6.57 Å². The first-order chi connectivity index (χ1) is 13.3. The normalized spacial score (nSPS) is 10.5. The van der Waals surface area contributed by atoms with Crippen LogP contribution in [0.1, 0.15) is 5.56 Å². The monoisotopic (exact) mass is 355 g/mol. The molecule has 0 spiro atoms. The average molecular weight is 355 g/mol. The maximum Gasteiger partial charge on any atom is 0.243 e. The molecule has 4 rings (SSSR count). The molecule has 0 aliphatic rings. The van der Waals surface area contributed by atoms with Gasteiger partial charge in [-0.25, -0.2) is 9.24 Å². The second-order valence-corrected chi connectivity index (χ2v) is 5.84. The van der Waals surface area contributed by atoms with Gasteiger partial charge >= 0.3 is 0 Å². The molecule has 0 saturated carbocycles. The first-order valence-electron chi connectivity index (χ1n) is 8.32. The lowest BCUT2D eigenvalue weighted by Gasteiger charge is -2.08. The van der Waals surface area contributed by atoms with Gasteiger partial charge in [-0.15, -0.1) is 0 Å². The minimum Gasteiger partial charge on any atom is -0.270 e. The van der Waals surface area contributed by atoms with Crippen LogP contribution in [-0.4, -0.2) is 19.7 Å². The predicted octanol–water partition coefficient (Wildman–Crippen LogP) is 4.75. The van der Waals surface area contributed by atoms with Crippen molar-refractivity contribution in [2.75, 3.05) is 0 Å². The molecule has 3 heterocycles. The Hall–Kier alpha value is -3.85. The molecule has 130 valence electrons. The van der Waals surface area contributed by atoms with Crippen LogP contribution in [-0.2, 0) is 6.54 Å². The summed E-state index contributed by atoms with van der Waals surface area (Å²) in [6, 6.07) is 17.4. The second kappa shape index (κ2) is 7.18. The number of benzene rings is 1. The molecular formula is C21H14FN5. The Morgan fingerprint density at radius 2 is 1.56 bits per heavy atom. The van der Waals surface area contributed by atoms with Crippen molar-refractivity contribution in [2.24, 2.45) is 0 Å². The fraction of sp³-hybridized carbons (Fsp3) is 0.0476. The number of hydrogen-bond donors (Lipinski definition) is 0. The molecule has 0 aliphatic heterocycles. The molecule has 1 aromatic carbocycles. The SMILES string of the molecule is [C-]#[N+]c1c(-c2ccccn2)nn(Cc2ccccc2F)c1-c1ccccn1. The molecule has 0 radical (unpaired) electrons. The van der Waals surface area contributed by atoms with Gasteiger partial charge < -0.3 is 0 Å². The zero-order chi connectivity index (χ0) is 18.6. The molecule has 0 bridgehead atoms. The highest BCUT2D eigenvalue weighted by molar-refractivity contribution is 5.85. The Morgan fingerprint density at radius 1 is 0.889 bits per heavy atom. The summed E-state index contributed by atoms with van der Waals surface area (Å²) in [6.45, 7) is 7.89. The molecule has 0 saturated heterocycles. The summed E-state index contributed by atoms with van der Waals surface area (Å²) in [7, 11) is 0. The molecule has 0 aliphatic carbocycles. The van der Waals surface area contributed by atoms with Crippen molar-refractivity contribution >= 4 is 5.69 Å². The van der Waals surface area contributed by atoms with Crippen molar-refractivity contribution in [3.8, 4) is 22.8 Å². The van der Waals surface area contributed by atoms with E-state index in [1.807, 2.05) is 18.2 Å². The maximum atomic E-state index is 14.2. The van der Waals surface area contributed by atoms with Crippen LogP contribution < -0.4 is 0 Å². The van der Waals surface area contributed by atoms with Crippen LogP contribution in [0.2, 0.25) is 0 Å². The number of rotatable bonds is 4. The number of pyridine rings is 2. The molecular weight excluding hydrogens is 341 g/mol. The molecule has 3 aromatic heterocycles. The molecule has 0 unspecified atom stereocenters. The lowest BCUT2D eigenvalue weighted by atomic mass is 10.1. The van der Waals surface area contributed by atoms with Crippen LogP contribution in [0, 0.1) is 12.4 Å². The fourth-order valence-electron chi connectivity index (χ4n) is 2.89. The van der Waals surface area contributed by atoms with Crippen molar-refractivity contribution < 1.29 is 4.39 Å². The van der Waals surface area contributed by atoms with Crippen LogP contribution in [0.3, 0.4) is 0 Å². The molecule has 5 nitrogen and oxygen atoms in total.